The van der Waals surface area contributed by atoms with Gasteiger partial charge < -0.3 is 9.80 Å². The van der Waals surface area contributed by atoms with Crippen LogP contribution in [-0.2, 0) is 4.79 Å². The van der Waals surface area contributed by atoms with Gasteiger partial charge in [0.15, 0.2) is 0 Å². The molecule has 0 bridgehead atoms. The maximum Gasteiger partial charge on any atom is 0.139 e. The second-order valence-corrected chi connectivity index (χ2v) is 6.07. The summed E-state index contributed by atoms with van der Waals surface area (Å²) in [6.07, 6.45) is 1.83. The monoisotopic (exact) mass is 242 g/mol. The number of nitrogens with zero attached hydrogens (tertiary/aromatic N) is 2. The molecule has 102 valence electrons. The molecule has 0 amide bonds. The van der Waals surface area contributed by atoms with E-state index in [0.29, 0.717) is 12.2 Å². The lowest BCUT2D eigenvalue weighted by Crippen LogP contribution is -2.35. The number of ketones is 1. The Morgan fingerprint density at radius 3 is 2.00 bits per heavy atom. The molecule has 0 N–H and O–H groups in total. The van der Waals surface area contributed by atoms with E-state index in [1.54, 1.807) is 0 Å². The molecule has 0 aromatic rings. The Bertz CT molecular complexity index is 219. The van der Waals surface area contributed by atoms with Crippen LogP contribution in [-0.4, -0.2) is 55.9 Å². The van der Waals surface area contributed by atoms with Gasteiger partial charge in [-0.1, -0.05) is 27.7 Å². The summed E-state index contributed by atoms with van der Waals surface area (Å²) in [6.45, 7) is 12.3. The van der Waals surface area contributed by atoms with Gasteiger partial charge in [-0.05, 0) is 27.1 Å². The quantitative estimate of drug-likeness (QED) is 0.652. The zero-order valence-corrected chi connectivity index (χ0v) is 12.5. The second kappa shape index (κ2) is 7.83. The molecule has 0 heterocycles. The zero-order chi connectivity index (χ0) is 13.5. The van der Waals surface area contributed by atoms with Crippen molar-refractivity contribution in [3.05, 3.63) is 0 Å². The molecule has 0 aliphatic carbocycles. The van der Waals surface area contributed by atoms with Crippen LogP contribution in [0.2, 0.25) is 0 Å². The molecule has 0 radical (unpaired) electrons. The van der Waals surface area contributed by atoms with Gasteiger partial charge in [0, 0.05) is 31.5 Å². The molecule has 0 aromatic heterocycles. The van der Waals surface area contributed by atoms with Crippen LogP contribution in [0.4, 0.5) is 0 Å². The molecule has 0 unspecified atom stereocenters. The molecule has 3 nitrogen and oxygen atoms in total. The Morgan fingerprint density at radius 1 is 1.00 bits per heavy atom. The van der Waals surface area contributed by atoms with E-state index in [-0.39, 0.29) is 5.41 Å². The van der Waals surface area contributed by atoms with Gasteiger partial charge in [-0.2, -0.15) is 0 Å². The third kappa shape index (κ3) is 8.33. The van der Waals surface area contributed by atoms with Crippen LogP contribution in [0.1, 0.15) is 40.5 Å². The van der Waals surface area contributed by atoms with Gasteiger partial charge >= 0.3 is 0 Å². The number of carbonyl (C=O) groups excluding carboxylic acids is 1. The summed E-state index contributed by atoms with van der Waals surface area (Å²) < 4.78 is 0. The first-order valence-corrected chi connectivity index (χ1v) is 6.67. The largest absolute Gasteiger partial charge is 0.308 e. The van der Waals surface area contributed by atoms with E-state index in [9.17, 15) is 4.79 Å². The SMILES string of the molecule is CCCN(CCC(=O)C(C)(C)C)CCN(C)C. The van der Waals surface area contributed by atoms with Crippen molar-refractivity contribution in [2.24, 2.45) is 5.41 Å². The number of Topliss-reactive ketones (excluding diaryl/α,β-unsaturated/α-hetero) is 1. The van der Waals surface area contributed by atoms with Crippen LogP contribution in [0.25, 0.3) is 0 Å². The highest BCUT2D eigenvalue weighted by atomic mass is 16.1. The summed E-state index contributed by atoms with van der Waals surface area (Å²) in [5.74, 6) is 0.364. The topological polar surface area (TPSA) is 23.6 Å². The van der Waals surface area contributed by atoms with Gasteiger partial charge in [-0.3, -0.25) is 4.79 Å². The number of likely N-dealkylation sites (N-methyl/N-ethyl adjacent to an activating group) is 1. The molecule has 0 rings (SSSR count). The minimum atomic E-state index is -0.195. The van der Waals surface area contributed by atoms with E-state index in [1.165, 1.54) is 0 Å². The Labute approximate surface area is 107 Å². The molecular weight excluding hydrogens is 212 g/mol. The van der Waals surface area contributed by atoms with E-state index in [0.717, 1.165) is 32.6 Å². The van der Waals surface area contributed by atoms with E-state index in [4.69, 9.17) is 0 Å². The first kappa shape index (κ1) is 16.6. The first-order valence-electron chi connectivity index (χ1n) is 6.67. The maximum atomic E-state index is 11.9. The minimum absolute atomic E-state index is 0.195. The smallest absolute Gasteiger partial charge is 0.139 e. The lowest BCUT2D eigenvalue weighted by atomic mass is 9.89. The zero-order valence-electron chi connectivity index (χ0n) is 12.5. The summed E-state index contributed by atoms with van der Waals surface area (Å²) in [7, 11) is 4.18. The molecule has 0 aromatic carbocycles. The first-order chi connectivity index (χ1) is 7.77. The van der Waals surface area contributed by atoms with Crippen LogP contribution in [0.5, 0.6) is 0 Å². The molecule has 0 atom stereocenters. The summed E-state index contributed by atoms with van der Waals surface area (Å²) >= 11 is 0. The van der Waals surface area contributed by atoms with Crippen LogP contribution >= 0.6 is 0 Å². The van der Waals surface area contributed by atoms with E-state index in [1.807, 2.05) is 20.8 Å². The van der Waals surface area contributed by atoms with Gasteiger partial charge in [0.1, 0.15) is 5.78 Å². The van der Waals surface area contributed by atoms with E-state index >= 15 is 0 Å². The van der Waals surface area contributed by atoms with Gasteiger partial charge in [-0.15, -0.1) is 0 Å². The molecule has 3 heteroatoms. The normalized spacial score (nSPS) is 12.5. The van der Waals surface area contributed by atoms with Gasteiger partial charge in [0.25, 0.3) is 0 Å². The van der Waals surface area contributed by atoms with Crippen molar-refractivity contribution in [3.8, 4) is 0 Å². The fourth-order valence-electron chi connectivity index (χ4n) is 1.63. The van der Waals surface area contributed by atoms with Gasteiger partial charge in [-0.25, -0.2) is 0 Å². The van der Waals surface area contributed by atoms with Gasteiger partial charge in [0.05, 0.1) is 0 Å². The maximum absolute atomic E-state index is 11.9. The van der Waals surface area contributed by atoms with Gasteiger partial charge in [0.2, 0.25) is 0 Å². The van der Waals surface area contributed by atoms with Crippen molar-refractivity contribution in [2.45, 2.75) is 40.5 Å². The summed E-state index contributed by atoms with van der Waals surface area (Å²) in [6, 6.07) is 0. The predicted molar refractivity (Wildman–Crippen MR) is 74.4 cm³/mol. The number of hydrogen-bond donors (Lipinski definition) is 0. The second-order valence-electron chi connectivity index (χ2n) is 6.07. The van der Waals surface area contributed by atoms with Crippen LogP contribution in [0, 0.1) is 5.41 Å². The fourth-order valence-corrected chi connectivity index (χ4v) is 1.63. The van der Waals surface area contributed by atoms with Crippen molar-refractivity contribution >= 4 is 5.78 Å². The van der Waals surface area contributed by atoms with E-state index in [2.05, 4.69) is 30.8 Å². The minimum Gasteiger partial charge on any atom is -0.308 e. The molecule has 0 saturated heterocycles. The number of rotatable bonds is 8. The Balaban J connectivity index is 4.04. The Hall–Kier alpha value is -0.410. The van der Waals surface area contributed by atoms with Crippen molar-refractivity contribution in [2.75, 3.05) is 40.3 Å². The molecule has 17 heavy (non-hydrogen) atoms. The summed E-state index contributed by atoms with van der Waals surface area (Å²) in [4.78, 5) is 16.5. The summed E-state index contributed by atoms with van der Waals surface area (Å²) in [5, 5.41) is 0. The van der Waals surface area contributed by atoms with Crippen molar-refractivity contribution in [1.29, 1.82) is 0 Å². The average Bonchev–Trinajstić information content (AvgIpc) is 2.20. The Kier molecular flexibility index (Phi) is 7.64. The van der Waals surface area contributed by atoms with Crippen LogP contribution < -0.4 is 0 Å². The molecule has 0 saturated carbocycles. The third-order valence-corrected chi connectivity index (χ3v) is 2.89. The lowest BCUT2D eigenvalue weighted by Gasteiger charge is -2.25. The lowest BCUT2D eigenvalue weighted by molar-refractivity contribution is -0.126. The Morgan fingerprint density at radius 2 is 1.59 bits per heavy atom. The molecule has 0 aliphatic heterocycles. The summed E-state index contributed by atoms with van der Waals surface area (Å²) in [5.41, 5.74) is -0.195. The standard InChI is InChI=1S/C14H30N2O/c1-7-9-16(12-11-15(5)6)10-8-13(17)14(2,3)4/h7-12H2,1-6H3. The highest BCUT2D eigenvalue weighted by Gasteiger charge is 2.21. The number of hydrogen-bond acceptors (Lipinski definition) is 3. The molecule has 0 aliphatic rings. The molecule has 0 fully saturated rings. The highest BCUT2D eigenvalue weighted by molar-refractivity contribution is 5.83. The highest BCUT2D eigenvalue weighted by Crippen LogP contribution is 2.16. The molecular formula is C14H30N2O. The number of carbonyl (C=O) groups is 1. The van der Waals surface area contributed by atoms with Crippen molar-refractivity contribution < 1.29 is 4.79 Å². The predicted octanol–water partition coefficient (Wildman–Crippen LogP) is 2.27. The molecule has 0 spiro atoms. The van der Waals surface area contributed by atoms with Crippen molar-refractivity contribution in [1.82, 2.24) is 9.80 Å². The van der Waals surface area contributed by atoms with Crippen LogP contribution in [0.3, 0.4) is 0 Å². The third-order valence-electron chi connectivity index (χ3n) is 2.89. The van der Waals surface area contributed by atoms with Crippen molar-refractivity contribution in [3.63, 3.8) is 0 Å². The fraction of sp³-hybridized carbons (Fsp3) is 0.929. The van der Waals surface area contributed by atoms with E-state index < -0.39 is 0 Å². The van der Waals surface area contributed by atoms with Crippen LogP contribution in [0.15, 0.2) is 0 Å². The average molecular weight is 242 g/mol.